The normalized spacial score (nSPS) is 10.5. The van der Waals surface area contributed by atoms with Crippen LogP contribution in [0.3, 0.4) is 0 Å². The fourth-order valence-corrected chi connectivity index (χ4v) is 1.45. The van der Waals surface area contributed by atoms with Crippen LogP contribution in [0.2, 0.25) is 5.02 Å². The van der Waals surface area contributed by atoms with Gasteiger partial charge in [-0.2, -0.15) is 4.98 Å². The van der Waals surface area contributed by atoms with Crippen molar-refractivity contribution in [2.45, 2.75) is 6.42 Å². The minimum absolute atomic E-state index is 0.390. The van der Waals surface area contributed by atoms with Gasteiger partial charge in [-0.1, -0.05) is 16.8 Å². The molecule has 0 N–H and O–H groups in total. The van der Waals surface area contributed by atoms with Gasteiger partial charge in [0.1, 0.15) is 5.69 Å². The second-order valence-corrected chi connectivity index (χ2v) is 3.57. The fraction of sp³-hybridized carbons (Fsp3) is 0.222. The van der Waals surface area contributed by atoms with E-state index in [0.29, 0.717) is 34.7 Å². The van der Waals surface area contributed by atoms with E-state index >= 15 is 0 Å². The van der Waals surface area contributed by atoms with Gasteiger partial charge in [-0.15, -0.1) is 11.6 Å². The smallest absolute Gasteiger partial charge is 0.228 e. The van der Waals surface area contributed by atoms with Gasteiger partial charge in [-0.25, -0.2) is 0 Å². The third kappa shape index (κ3) is 2.27. The van der Waals surface area contributed by atoms with Crippen molar-refractivity contribution in [3.05, 3.63) is 29.2 Å². The zero-order chi connectivity index (χ0) is 10.7. The van der Waals surface area contributed by atoms with Crippen LogP contribution in [0.5, 0.6) is 0 Å². The van der Waals surface area contributed by atoms with Crippen LogP contribution < -0.4 is 0 Å². The molecule has 0 amide bonds. The van der Waals surface area contributed by atoms with Crippen molar-refractivity contribution in [1.82, 2.24) is 15.1 Å². The number of aromatic nitrogens is 3. The summed E-state index contributed by atoms with van der Waals surface area (Å²) in [5.74, 6) is 1.32. The van der Waals surface area contributed by atoms with E-state index in [4.69, 9.17) is 27.7 Å². The summed E-state index contributed by atoms with van der Waals surface area (Å²) in [6.07, 6.45) is 2.16. The van der Waals surface area contributed by atoms with Crippen molar-refractivity contribution < 1.29 is 4.52 Å². The summed E-state index contributed by atoms with van der Waals surface area (Å²) < 4.78 is 4.97. The number of alkyl halides is 1. The molecule has 0 saturated heterocycles. The number of rotatable bonds is 3. The summed E-state index contributed by atoms with van der Waals surface area (Å²) in [4.78, 5) is 8.19. The van der Waals surface area contributed by atoms with Crippen LogP contribution in [-0.4, -0.2) is 21.0 Å². The zero-order valence-corrected chi connectivity index (χ0v) is 9.16. The van der Waals surface area contributed by atoms with Crippen LogP contribution in [0, 0.1) is 0 Å². The summed E-state index contributed by atoms with van der Waals surface area (Å²) in [6, 6.07) is 3.47. The van der Waals surface area contributed by atoms with E-state index < -0.39 is 0 Å². The Labute approximate surface area is 96.2 Å². The number of pyridine rings is 1. The van der Waals surface area contributed by atoms with E-state index in [2.05, 4.69) is 15.1 Å². The molecule has 0 aliphatic rings. The van der Waals surface area contributed by atoms with E-state index in [1.54, 1.807) is 18.3 Å². The Bertz CT molecular complexity index is 458. The molecule has 15 heavy (non-hydrogen) atoms. The minimum Gasteiger partial charge on any atom is -0.339 e. The molecule has 0 aliphatic carbocycles. The van der Waals surface area contributed by atoms with Crippen LogP contribution in [0.1, 0.15) is 5.89 Å². The molecule has 0 atom stereocenters. The van der Waals surface area contributed by atoms with Gasteiger partial charge in [0.05, 0.1) is 5.02 Å². The lowest BCUT2D eigenvalue weighted by Crippen LogP contribution is -1.88. The Kier molecular flexibility index (Phi) is 3.18. The zero-order valence-electron chi connectivity index (χ0n) is 7.65. The van der Waals surface area contributed by atoms with Gasteiger partial charge in [0, 0.05) is 18.5 Å². The van der Waals surface area contributed by atoms with Gasteiger partial charge >= 0.3 is 0 Å². The monoisotopic (exact) mass is 243 g/mol. The van der Waals surface area contributed by atoms with Crippen LogP contribution >= 0.6 is 23.2 Å². The first-order valence-electron chi connectivity index (χ1n) is 4.30. The van der Waals surface area contributed by atoms with Gasteiger partial charge in [0.15, 0.2) is 0 Å². The summed E-state index contributed by atoms with van der Waals surface area (Å²) in [5.41, 5.74) is 0.517. The molecule has 0 aliphatic heterocycles. The first kappa shape index (κ1) is 10.4. The number of aryl methyl sites for hydroxylation is 1. The summed E-state index contributed by atoms with van der Waals surface area (Å²) in [6.45, 7) is 0. The highest BCUT2D eigenvalue weighted by Gasteiger charge is 2.11. The average Bonchev–Trinajstić information content (AvgIpc) is 2.68. The lowest BCUT2D eigenvalue weighted by molar-refractivity contribution is 0.383. The minimum atomic E-state index is 0.390. The molecule has 0 radical (unpaired) electrons. The number of hydrogen-bond acceptors (Lipinski definition) is 4. The van der Waals surface area contributed by atoms with Crippen molar-refractivity contribution in [1.29, 1.82) is 0 Å². The third-order valence-corrected chi connectivity index (χ3v) is 2.24. The number of nitrogens with zero attached hydrogens (tertiary/aromatic N) is 3. The highest BCUT2D eigenvalue weighted by molar-refractivity contribution is 6.32. The van der Waals surface area contributed by atoms with Crippen molar-refractivity contribution in [2.24, 2.45) is 0 Å². The van der Waals surface area contributed by atoms with Crippen molar-refractivity contribution >= 4 is 23.2 Å². The molecule has 0 bridgehead atoms. The molecule has 2 aromatic rings. The van der Waals surface area contributed by atoms with Gasteiger partial charge in [-0.3, -0.25) is 4.98 Å². The van der Waals surface area contributed by atoms with E-state index in [9.17, 15) is 0 Å². The van der Waals surface area contributed by atoms with Crippen molar-refractivity contribution in [3.8, 4) is 11.5 Å². The first-order chi connectivity index (χ1) is 7.31. The maximum absolute atomic E-state index is 5.93. The molecule has 0 fully saturated rings. The Morgan fingerprint density at radius 1 is 1.40 bits per heavy atom. The standard InChI is InChI=1S/C9H7Cl2N3O/c10-4-3-7-13-9(14-15-7)8-6(11)2-1-5-12-8/h1-2,5H,3-4H2. The SMILES string of the molecule is ClCCc1nc(-c2ncccc2Cl)no1. The Morgan fingerprint density at radius 2 is 2.27 bits per heavy atom. The molecule has 0 aromatic carbocycles. The molecule has 2 aromatic heterocycles. The van der Waals surface area contributed by atoms with Crippen molar-refractivity contribution in [3.63, 3.8) is 0 Å². The largest absolute Gasteiger partial charge is 0.339 e. The van der Waals surface area contributed by atoms with E-state index in [1.807, 2.05) is 0 Å². The Balaban J connectivity index is 2.33. The van der Waals surface area contributed by atoms with Crippen molar-refractivity contribution in [2.75, 3.05) is 5.88 Å². The van der Waals surface area contributed by atoms with Crippen LogP contribution in [-0.2, 0) is 6.42 Å². The number of hydrogen-bond donors (Lipinski definition) is 0. The molecule has 78 valence electrons. The molecular weight excluding hydrogens is 237 g/mol. The average molecular weight is 244 g/mol. The number of halogens is 2. The Hall–Kier alpha value is -1.13. The molecular formula is C9H7Cl2N3O. The maximum atomic E-state index is 5.93. The maximum Gasteiger partial charge on any atom is 0.228 e. The second-order valence-electron chi connectivity index (χ2n) is 2.78. The van der Waals surface area contributed by atoms with Crippen LogP contribution in [0.25, 0.3) is 11.5 Å². The third-order valence-electron chi connectivity index (χ3n) is 1.75. The quantitative estimate of drug-likeness (QED) is 0.778. The summed E-state index contributed by atoms with van der Waals surface area (Å²) >= 11 is 11.5. The summed E-state index contributed by atoms with van der Waals surface area (Å²) in [7, 11) is 0. The second kappa shape index (κ2) is 4.59. The molecule has 2 rings (SSSR count). The molecule has 4 nitrogen and oxygen atoms in total. The molecule has 6 heteroatoms. The molecule has 0 spiro atoms. The fourth-order valence-electron chi connectivity index (χ4n) is 1.08. The molecule has 0 saturated carbocycles. The van der Waals surface area contributed by atoms with Gasteiger partial charge in [-0.05, 0) is 12.1 Å². The first-order valence-corrected chi connectivity index (χ1v) is 5.22. The van der Waals surface area contributed by atoms with Gasteiger partial charge < -0.3 is 4.52 Å². The van der Waals surface area contributed by atoms with E-state index in [1.165, 1.54) is 0 Å². The molecule has 2 heterocycles. The summed E-state index contributed by atoms with van der Waals surface area (Å²) in [5, 5.41) is 4.27. The topological polar surface area (TPSA) is 51.8 Å². The van der Waals surface area contributed by atoms with Crippen LogP contribution in [0.15, 0.2) is 22.9 Å². The predicted molar refractivity (Wildman–Crippen MR) is 57.0 cm³/mol. The highest BCUT2D eigenvalue weighted by atomic mass is 35.5. The highest BCUT2D eigenvalue weighted by Crippen LogP contribution is 2.22. The van der Waals surface area contributed by atoms with E-state index in [-0.39, 0.29) is 0 Å². The predicted octanol–water partition coefficient (Wildman–Crippen LogP) is 2.57. The van der Waals surface area contributed by atoms with Crippen LogP contribution in [0.4, 0.5) is 0 Å². The van der Waals surface area contributed by atoms with Gasteiger partial charge in [0.2, 0.25) is 11.7 Å². The molecule has 0 unspecified atom stereocenters. The lowest BCUT2D eigenvalue weighted by Gasteiger charge is -1.94. The van der Waals surface area contributed by atoms with Gasteiger partial charge in [0.25, 0.3) is 0 Å². The Morgan fingerprint density at radius 3 is 3.00 bits per heavy atom. The van der Waals surface area contributed by atoms with E-state index in [0.717, 1.165) is 0 Å². The lowest BCUT2D eigenvalue weighted by atomic mass is 10.3.